The third kappa shape index (κ3) is 1.86. The minimum atomic E-state index is -0.579. The third-order valence-corrected chi connectivity index (χ3v) is 3.55. The first-order valence-electron chi connectivity index (χ1n) is 5.81. The predicted octanol–water partition coefficient (Wildman–Crippen LogP) is 2.45. The highest BCUT2D eigenvalue weighted by Crippen LogP contribution is 2.41. The molecule has 0 radical (unpaired) electrons. The number of aromatic hydroxyl groups is 1. The van der Waals surface area contributed by atoms with E-state index in [0.29, 0.717) is 5.56 Å². The van der Waals surface area contributed by atoms with Gasteiger partial charge in [0.15, 0.2) is 17.3 Å². The number of phenols is 1. The second kappa shape index (κ2) is 4.18. The van der Waals surface area contributed by atoms with Crippen LogP contribution in [0.15, 0.2) is 6.07 Å². The SMILES string of the molecule is COc1c(C)cc(C2(C)CCCN2)c(F)c1O. The minimum Gasteiger partial charge on any atom is -0.502 e. The maximum Gasteiger partial charge on any atom is 0.194 e. The molecule has 3 nitrogen and oxygen atoms in total. The average molecular weight is 239 g/mol. The fraction of sp³-hybridized carbons (Fsp3) is 0.538. The van der Waals surface area contributed by atoms with Crippen molar-refractivity contribution >= 4 is 0 Å². The van der Waals surface area contributed by atoms with Crippen LogP contribution < -0.4 is 10.1 Å². The van der Waals surface area contributed by atoms with Gasteiger partial charge in [-0.25, -0.2) is 4.39 Å². The number of nitrogens with one attached hydrogen (secondary N) is 1. The first-order chi connectivity index (χ1) is 7.99. The summed E-state index contributed by atoms with van der Waals surface area (Å²) in [4.78, 5) is 0. The normalized spacial score (nSPS) is 24.0. The Kier molecular flexibility index (Phi) is 3.00. The lowest BCUT2D eigenvalue weighted by molar-refractivity contribution is 0.341. The molecular weight excluding hydrogens is 221 g/mol. The highest BCUT2D eigenvalue weighted by molar-refractivity contribution is 5.51. The Labute approximate surface area is 101 Å². The summed E-state index contributed by atoms with van der Waals surface area (Å²) in [7, 11) is 1.43. The molecule has 2 rings (SSSR count). The van der Waals surface area contributed by atoms with Crippen LogP contribution in [0.2, 0.25) is 0 Å². The van der Waals surface area contributed by atoms with Crippen molar-refractivity contribution in [3.05, 3.63) is 23.0 Å². The van der Waals surface area contributed by atoms with Crippen LogP contribution in [-0.4, -0.2) is 18.8 Å². The molecule has 17 heavy (non-hydrogen) atoms. The highest BCUT2D eigenvalue weighted by Gasteiger charge is 2.34. The van der Waals surface area contributed by atoms with Gasteiger partial charge in [0.2, 0.25) is 0 Å². The molecule has 2 N–H and O–H groups in total. The summed E-state index contributed by atoms with van der Waals surface area (Å²) in [5, 5.41) is 13.1. The smallest absolute Gasteiger partial charge is 0.194 e. The topological polar surface area (TPSA) is 41.5 Å². The number of ether oxygens (including phenoxy) is 1. The number of halogens is 1. The highest BCUT2D eigenvalue weighted by atomic mass is 19.1. The van der Waals surface area contributed by atoms with E-state index >= 15 is 0 Å². The van der Waals surface area contributed by atoms with Crippen molar-refractivity contribution in [3.63, 3.8) is 0 Å². The fourth-order valence-corrected chi connectivity index (χ4v) is 2.54. The van der Waals surface area contributed by atoms with Crippen molar-refractivity contribution in [2.45, 2.75) is 32.2 Å². The van der Waals surface area contributed by atoms with Gasteiger partial charge in [-0.1, -0.05) is 0 Å². The molecule has 0 spiro atoms. The molecule has 1 heterocycles. The van der Waals surface area contributed by atoms with Crippen molar-refractivity contribution in [1.29, 1.82) is 0 Å². The van der Waals surface area contributed by atoms with Gasteiger partial charge in [0.25, 0.3) is 0 Å². The van der Waals surface area contributed by atoms with E-state index in [1.54, 1.807) is 13.0 Å². The second-order valence-electron chi connectivity index (χ2n) is 4.80. The van der Waals surface area contributed by atoms with Crippen molar-refractivity contribution in [1.82, 2.24) is 5.32 Å². The van der Waals surface area contributed by atoms with Gasteiger partial charge in [0.05, 0.1) is 7.11 Å². The molecule has 1 fully saturated rings. The lowest BCUT2D eigenvalue weighted by Crippen LogP contribution is -2.34. The van der Waals surface area contributed by atoms with Crippen LogP contribution in [0.5, 0.6) is 11.5 Å². The van der Waals surface area contributed by atoms with E-state index < -0.39 is 17.1 Å². The van der Waals surface area contributed by atoms with Crippen LogP contribution in [0.3, 0.4) is 0 Å². The van der Waals surface area contributed by atoms with E-state index in [4.69, 9.17) is 4.74 Å². The first-order valence-corrected chi connectivity index (χ1v) is 5.81. The van der Waals surface area contributed by atoms with Gasteiger partial charge < -0.3 is 15.2 Å². The number of benzene rings is 1. The lowest BCUT2D eigenvalue weighted by atomic mass is 9.88. The van der Waals surface area contributed by atoms with Gasteiger partial charge in [-0.3, -0.25) is 0 Å². The molecule has 1 aromatic carbocycles. The summed E-state index contributed by atoms with van der Waals surface area (Å²) in [6.45, 7) is 4.64. The molecule has 0 aromatic heterocycles. The Balaban J connectivity index is 2.56. The van der Waals surface area contributed by atoms with Gasteiger partial charge in [-0.15, -0.1) is 0 Å². The minimum absolute atomic E-state index is 0.216. The summed E-state index contributed by atoms with van der Waals surface area (Å²) < 4.78 is 19.2. The molecule has 0 bridgehead atoms. The van der Waals surface area contributed by atoms with Crippen LogP contribution in [0.4, 0.5) is 4.39 Å². The van der Waals surface area contributed by atoms with Crippen molar-refractivity contribution in [3.8, 4) is 11.5 Å². The molecule has 1 atom stereocenters. The Morgan fingerprint density at radius 2 is 2.24 bits per heavy atom. The third-order valence-electron chi connectivity index (χ3n) is 3.55. The molecule has 0 aliphatic carbocycles. The number of hydrogen-bond acceptors (Lipinski definition) is 3. The van der Waals surface area contributed by atoms with Gasteiger partial charge in [0.1, 0.15) is 0 Å². The molecule has 1 unspecified atom stereocenters. The van der Waals surface area contributed by atoms with Crippen LogP contribution in [0, 0.1) is 12.7 Å². The van der Waals surface area contributed by atoms with Gasteiger partial charge in [-0.2, -0.15) is 0 Å². The molecule has 1 aliphatic heterocycles. The van der Waals surface area contributed by atoms with Gasteiger partial charge >= 0.3 is 0 Å². The summed E-state index contributed by atoms with van der Waals surface area (Å²) >= 11 is 0. The van der Waals surface area contributed by atoms with Gasteiger partial charge in [-0.05, 0) is 44.9 Å². The van der Waals surface area contributed by atoms with Crippen LogP contribution in [-0.2, 0) is 5.54 Å². The summed E-state index contributed by atoms with van der Waals surface area (Å²) in [5.41, 5.74) is 0.876. The fourth-order valence-electron chi connectivity index (χ4n) is 2.54. The number of aryl methyl sites for hydroxylation is 1. The molecule has 94 valence electrons. The number of hydrogen-bond donors (Lipinski definition) is 2. The maximum atomic E-state index is 14.2. The van der Waals surface area contributed by atoms with Crippen molar-refractivity contribution in [2.75, 3.05) is 13.7 Å². The van der Waals surface area contributed by atoms with Crippen LogP contribution in [0.1, 0.15) is 30.9 Å². The van der Waals surface area contributed by atoms with E-state index in [0.717, 1.165) is 24.9 Å². The Morgan fingerprint density at radius 3 is 2.76 bits per heavy atom. The molecule has 4 heteroatoms. The molecule has 0 saturated carbocycles. The second-order valence-corrected chi connectivity index (χ2v) is 4.80. The lowest BCUT2D eigenvalue weighted by Gasteiger charge is -2.27. The first kappa shape index (κ1) is 12.2. The zero-order valence-corrected chi connectivity index (χ0v) is 10.4. The standard InChI is InChI=1S/C13H18FNO2/c1-8-7-9(13(2)5-4-6-15-13)10(14)11(16)12(8)17-3/h7,15-16H,4-6H2,1-3H3. The predicted molar refractivity (Wildman–Crippen MR) is 63.9 cm³/mol. The summed E-state index contributed by atoms with van der Waals surface area (Å²) in [6, 6.07) is 1.76. The molecule has 1 saturated heterocycles. The van der Waals surface area contributed by atoms with Crippen molar-refractivity contribution < 1.29 is 14.2 Å². The molecule has 0 amide bonds. The van der Waals surface area contributed by atoms with E-state index in [9.17, 15) is 9.50 Å². The number of phenolic OH excluding ortho intramolecular Hbond substituents is 1. The van der Waals surface area contributed by atoms with Crippen LogP contribution in [0.25, 0.3) is 0 Å². The molecular formula is C13H18FNO2. The van der Waals surface area contributed by atoms with E-state index in [-0.39, 0.29) is 5.75 Å². The molecule has 1 aliphatic rings. The average Bonchev–Trinajstić information content (AvgIpc) is 2.72. The van der Waals surface area contributed by atoms with Crippen LogP contribution >= 0.6 is 0 Å². The molecule has 1 aromatic rings. The van der Waals surface area contributed by atoms with E-state index in [1.807, 2.05) is 6.92 Å². The van der Waals surface area contributed by atoms with E-state index in [1.165, 1.54) is 7.11 Å². The monoisotopic (exact) mass is 239 g/mol. The Hall–Kier alpha value is -1.29. The Morgan fingerprint density at radius 1 is 1.53 bits per heavy atom. The largest absolute Gasteiger partial charge is 0.502 e. The summed E-state index contributed by atoms with van der Waals surface area (Å²) in [6.07, 6.45) is 1.89. The zero-order valence-electron chi connectivity index (χ0n) is 10.4. The maximum absolute atomic E-state index is 14.2. The Bertz CT molecular complexity index is 440. The van der Waals surface area contributed by atoms with Crippen molar-refractivity contribution in [2.24, 2.45) is 0 Å². The van der Waals surface area contributed by atoms with Gasteiger partial charge in [0, 0.05) is 11.1 Å². The van der Waals surface area contributed by atoms with E-state index in [2.05, 4.69) is 5.32 Å². The quantitative estimate of drug-likeness (QED) is 0.833. The number of methoxy groups -OCH3 is 1. The number of rotatable bonds is 2. The summed E-state index contributed by atoms with van der Waals surface area (Å²) in [5.74, 6) is -0.755. The zero-order chi connectivity index (χ0) is 12.6.